The van der Waals surface area contributed by atoms with E-state index in [4.69, 9.17) is 21.4 Å². The van der Waals surface area contributed by atoms with E-state index in [-0.39, 0.29) is 11.8 Å². The van der Waals surface area contributed by atoms with Crippen LogP contribution in [0.2, 0.25) is 5.02 Å². The number of hydrogen-bond acceptors (Lipinski definition) is 8. The van der Waals surface area contributed by atoms with Crippen LogP contribution < -0.4 is 21.3 Å². The maximum Gasteiger partial charge on any atom is 0.417 e. The molecular formula is C29H31ClF3N9O2. The Bertz CT molecular complexity index is 1650. The van der Waals surface area contributed by atoms with Crippen molar-refractivity contribution in [2.24, 2.45) is 0 Å². The molecule has 1 aliphatic heterocycles. The monoisotopic (exact) mass is 629 g/mol. The van der Waals surface area contributed by atoms with Crippen LogP contribution in [-0.2, 0) is 17.5 Å². The van der Waals surface area contributed by atoms with Gasteiger partial charge in [-0.1, -0.05) is 17.7 Å². The second kappa shape index (κ2) is 13.1. The molecule has 11 nitrogen and oxygen atoms in total. The summed E-state index contributed by atoms with van der Waals surface area (Å²) in [5, 5.41) is 15.9. The average molecular weight is 630 g/mol. The summed E-state index contributed by atoms with van der Waals surface area (Å²) in [7, 11) is 1.76. The lowest BCUT2D eigenvalue weighted by Crippen LogP contribution is -2.40. The van der Waals surface area contributed by atoms with Gasteiger partial charge in [0.25, 0.3) is 0 Å². The number of morpholine rings is 1. The molecule has 0 saturated carbocycles. The van der Waals surface area contributed by atoms with E-state index in [2.05, 4.69) is 36.1 Å². The van der Waals surface area contributed by atoms with Crippen LogP contribution in [0.25, 0.3) is 5.82 Å². The van der Waals surface area contributed by atoms with E-state index in [1.165, 1.54) is 12.4 Å². The fraction of sp³-hybridized carbons (Fsp3) is 0.310. The number of nitrogens with one attached hydrogen (secondary N) is 4. The Morgan fingerprint density at radius 2 is 1.84 bits per heavy atom. The standard InChI is InChI=1S/C29H31ClF3N9O2/c1-17-4-5-20(38-28(43)37-19-6-7-23(30)22(10-19)29(31,32)33)11-24(17)39-27-12-21(15-41-8-9-44-18(2)14-41)40-42(27)26-13-25(34-3)35-16-36-26/h4-7,10-13,16,18,39H,8-9,14-15H2,1-3H3,(H,34,35,36)(H2,37,38,43)/t18-/m1/s1. The van der Waals surface area contributed by atoms with Crippen molar-refractivity contribution in [3.63, 3.8) is 0 Å². The highest BCUT2D eigenvalue weighted by Gasteiger charge is 2.33. The minimum atomic E-state index is -4.66. The molecular weight excluding hydrogens is 599 g/mol. The Morgan fingerprint density at radius 1 is 1.09 bits per heavy atom. The number of amides is 2. The van der Waals surface area contributed by atoms with Gasteiger partial charge in [-0.2, -0.15) is 23.0 Å². The quantitative estimate of drug-likeness (QED) is 0.179. The molecule has 0 bridgehead atoms. The maximum atomic E-state index is 13.2. The molecule has 15 heteroatoms. The molecule has 2 amide bonds. The van der Waals surface area contributed by atoms with E-state index in [1.54, 1.807) is 29.9 Å². The molecule has 2 aromatic heterocycles. The minimum absolute atomic E-state index is 0.0541. The summed E-state index contributed by atoms with van der Waals surface area (Å²) in [6.07, 6.45) is -3.08. The summed E-state index contributed by atoms with van der Waals surface area (Å²) < 4.78 is 47.1. The smallest absolute Gasteiger partial charge is 0.376 e. The summed E-state index contributed by atoms with van der Waals surface area (Å²) in [4.78, 5) is 23.6. The third-order valence-electron chi connectivity index (χ3n) is 6.88. The van der Waals surface area contributed by atoms with Gasteiger partial charge in [-0.05, 0) is 49.7 Å². The topological polar surface area (TPSA) is 121 Å². The third-order valence-corrected chi connectivity index (χ3v) is 7.21. The highest BCUT2D eigenvalue weighted by Crippen LogP contribution is 2.36. The van der Waals surface area contributed by atoms with Crippen molar-refractivity contribution < 1.29 is 22.7 Å². The first-order valence-electron chi connectivity index (χ1n) is 13.7. The van der Waals surface area contributed by atoms with Crippen molar-refractivity contribution in [3.05, 3.63) is 76.7 Å². The zero-order valence-corrected chi connectivity index (χ0v) is 24.9. The first kappa shape index (κ1) is 31.0. The number of carbonyl (C=O) groups excluding carboxylic acids is 1. The van der Waals surface area contributed by atoms with Crippen molar-refractivity contribution in [1.29, 1.82) is 0 Å². The minimum Gasteiger partial charge on any atom is -0.376 e. The van der Waals surface area contributed by atoms with E-state index in [9.17, 15) is 18.0 Å². The third kappa shape index (κ3) is 7.56. The van der Waals surface area contributed by atoms with Gasteiger partial charge in [-0.3, -0.25) is 4.90 Å². The van der Waals surface area contributed by atoms with Gasteiger partial charge in [0, 0.05) is 55.9 Å². The van der Waals surface area contributed by atoms with Crippen molar-refractivity contribution in [3.8, 4) is 5.82 Å². The molecule has 5 rings (SSSR count). The summed E-state index contributed by atoms with van der Waals surface area (Å²) >= 11 is 5.69. The van der Waals surface area contributed by atoms with Gasteiger partial charge in [0.2, 0.25) is 0 Å². The number of aryl methyl sites for hydroxylation is 1. The van der Waals surface area contributed by atoms with Gasteiger partial charge in [-0.25, -0.2) is 14.8 Å². The number of ether oxygens (including phenoxy) is 1. The number of halogens is 4. The van der Waals surface area contributed by atoms with Crippen LogP contribution in [0.4, 0.5) is 46.7 Å². The second-order valence-corrected chi connectivity index (χ2v) is 10.7. The predicted octanol–water partition coefficient (Wildman–Crippen LogP) is 6.29. The lowest BCUT2D eigenvalue weighted by Gasteiger charge is -2.30. The lowest BCUT2D eigenvalue weighted by molar-refractivity contribution is -0.137. The average Bonchev–Trinajstić information content (AvgIpc) is 3.37. The van der Waals surface area contributed by atoms with E-state index >= 15 is 0 Å². The van der Waals surface area contributed by atoms with Gasteiger partial charge < -0.3 is 26.0 Å². The molecule has 1 saturated heterocycles. The molecule has 2 aromatic carbocycles. The molecule has 4 aromatic rings. The molecule has 232 valence electrons. The Labute approximate surface area is 256 Å². The number of urea groups is 1. The number of nitrogens with zero attached hydrogens (tertiary/aromatic N) is 5. The highest BCUT2D eigenvalue weighted by atomic mass is 35.5. The van der Waals surface area contributed by atoms with Crippen LogP contribution in [0, 0.1) is 6.92 Å². The van der Waals surface area contributed by atoms with Crippen molar-refractivity contribution in [1.82, 2.24) is 24.6 Å². The summed E-state index contributed by atoms with van der Waals surface area (Å²) in [6, 6.07) is 11.4. The number of rotatable bonds is 8. The first-order valence-corrected chi connectivity index (χ1v) is 14.1. The summed E-state index contributed by atoms with van der Waals surface area (Å²) in [5.74, 6) is 1.80. The molecule has 1 aliphatic rings. The number of benzene rings is 2. The molecule has 0 aliphatic carbocycles. The largest absolute Gasteiger partial charge is 0.417 e. The molecule has 0 radical (unpaired) electrons. The maximum absolute atomic E-state index is 13.2. The molecule has 4 N–H and O–H groups in total. The molecule has 1 atom stereocenters. The molecule has 44 heavy (non-hydrogen) atoms. The number of carbonyl (C=O) groups is 1. The zero-order valence-electron chi connectivity index (χ0n) is 24.2. The SMILES string of the molecule is CNc1cc(-n2nc(CN3CCO[C@H](C)C3)cc2Nc2cc(NC(=O)Nc3ccc(Cl)c(C(F)(F)F)c3)ccc2C)ncn1. The predicted molar refractivity (Wildman–Crippen MR) is 163 cm³/mol. The Balaban J connectivity index is 1.37. The number of alkyl halides is 3. The number of hydrogen-bond donors (Lipinski definition) is 4. The van der Waals surface area contributed by atoms with Crippen molar-refractivity contribution >= 4 is 46.3 Å². The molecule has 0 spiro atoms. The van der Waals surface area contributed by atoms with E-state index in [1.807, 2.05) is 26.0 Å². The molecule has 3 heterocycles. The van der Waals surface area contributed by atoms with E-state index in [0.29, 0.717) is 42.0 Å². The number of aromatic nitrogens is 4. The lowest BCUT2D eigenvalue weighted by atomic mass is 10.1. The van der Waals surface area contributed by atoms with Gasteiger partial charge in [0.1, 0.15) is 18.0 Å². The van der Waals surface area contributed by atoms with Gasteiger partial charge in [-0.15, -0.1) is 0 Å². The van der Waals surface area contributed by atoms with Gasteiger partial charge in [0.15, 0.2) is 5.82 Å². The molecule has 1 fully saturated rings. The van der Waals surface area contributed by atoms with Gasteiger partial charge >= 0.3 is 12.2 Å². The first-order chi connectivity index (χ1) is 21.0. The Kier molecular flexibility index (Phi) is 9.22. The number of anilines is 5. The van der Waals surface area contributed by atoms with Crippen LogP contribution >= 0.6 is 11.6 Å². The van der Waals surface area contributed by atoms with Crippen LogP contribution in [0.5, 0.6) is 0 Å². The van der Waals surface area contributed by atoms with Crippen LogP contribution in [0.15, 0.2) is 54.9 Å². The van der Waals surface area contributed by atoms with Crippen LogP contribution in [0.3, 0.4) is 0 Å². The van der Waals surface area contributed by atoms with Gasteiger partial charge in [0.05, 0.1) is 29.0 Å². The fourth-order valence-corrected chi connectivity index (χ4v) is 4.94. The van der Waals surface area contributed by atoms with Crippen LogP contribution in [-0.4, -0.2) is 63.5 Å². The van der Waals surface area contributed by atoms with Crippen molar-refractivity contribution in [2.45, 2.75) is 32.7 Å². The van der Waals surface area contributed by atoms with E-state index < -0.39 is 22.8 Å². The fourth-order valence-electron chi connectivity index (χ4n) is 4.72. The highest BCUT2D eigenvalue weighted by molar-refractivity contribution is 6.31. The van der Waals surface area contributed by atoms with E-state index in [0.717, 1.165) is 36.5 Å². The Morgan fingerprint density at radius 3 is 2.57 bits per heavy atom. The molecule has 0 unspecified atom stereocenters. The van der Waals surface area contributed by atoms with Crippen LogP contribution in [0.1, 0.15) is 23.7 Å². The summed E-state index contributed by atoms with van der Waals surface area (Å²) in [6.45, 7) is 6.78. The Hall–Kier alpha value is -4.40. The van der Waals surface area contributed by atoms with Crippen molar-refractivity contribution in [2.75, 3.05) is 48.0 Å². The normalized spacial score (nSPS) is 15.6. The second-order valence-electron chi connectivity index (χ2n) is 10.3. The zero-order chi connectivity index (χ0) is 31.4. The summed E-state index contributed by atoms with van der Waals surface area (Å²) in [5.41, 5.74) is 1.68.